The van der Waals surface area contributed by atoms with Gasteiger partial charge in [-0.3, -0.25) is 9.59 Å². The van der Waals surface area contributed by atoms with Gasteiger partial charge in [0.1, 0.15) is 6.61 Å². The largest absolute Gasteiger partial charge is 0.461 e. The number of amides is 1. The molecule has 0 saturated carbocycles. The standard InChI is InChI=1S/C17H22BrNO3/c1-12-8-16(20)19(10-12)15-6-5-14(9-13(15)2)11-22-17(21)4-3-7-18/h5-6,9,12H,3-4,7-8,10-11H2,1-2H3. The third kappa shape index (κ3) is 4.32. The van der Waals surface area contributed by atoms with E-state index in [4.69, 9.17) is 4.74 Å². The average molecular weight is 368 g/mol. The van der Waals surface area contributed by atoms with Gasteiger partial charge < -0.3 is 9.64 Å². The molecule has 1 saturated heterocycles. The Hall–Kier alpha value is -1.36. The van der Waals surface area contributed by atoms with Gasteiger partial charge in [0.15, 0.2) is 0 Å². The topological polar surface area (TPSA) is 46.6 Å². The molecule has 0 radical (unpaired) electrons. The number of ether oxygens (including phenoxy) is 1. The highest BCUT2D eigenvalue weighted by Gasteiger charge is 2.28. The summed E-state index contributed by atoms with van der Waals surface area (Å²) in [6, 6.07) is 5.87. The number of hydrogen-bond donors (Lipinski definition) is 0. The van der Waals surface area contributed by atoms with E-state index < -0.39 is 0 Å². The van der Waals surface area contributed by atoms with E-state index in [-0.39, 0.29) is 18.5 Å². The minimum Gasteiger partial charge on any atom is -0.461 e. The molecule has 1 fully saturated rings. The van der Waals surface area contributed by atoms with E-state index in [1.807, 2.05) is 30.0 Å². The number of anilines is 1. The van der Waals surface area contributed by atoms with Crippen LogP contribution < -0.4 is 4.90 Å². The molecule has 120 valence electrons. The lowest BCUT2D eigenvalue weighted by Crippen LogP contribution is -2.25. The summed E-state index contributed by atoms with van der Waals surface area (Å²) in [7, 11) is 0. The summed E-state index contributed by atoms with van der Waals surface area (Å²) in [5.74, 6) is 0.413. The smallest absolute Gasteiger partial charge is 0.306 e. The van der Waals surface area contributed by atoms with Gasteiger partial charge in [-0.1, -0.05) is 35.0 Å². The minimum atomic E-state index is -0.176. The predicted molar refractivity (Wildman–Crippen MR) is 90.1 cm³/mol. The molecule has 5 heteroatoms. The third-order valence-electron chi connectivity index (χ3n) is 3.78. The van der Waals surface area contributed by atoms with Crippen LogP contribution >= 0.6 is 15.9 Å². The summed E-state index contributed by atoms with van der Waals surface area (Å²) in [6.45, 7) is 5.14. The molecular formula is C17H22BrNO3. The lowest BCUT2D eigenvalue weighted by Gasteiger charge is -2.19. The zero-order valence-electron chi connectivity index (χ0n) is 13.1. The van der Waals surface area contributed by atoms with Crippen molar-refractivity contribution < 1.29 is 14.3 Å². The first-order chi connectivity index (χ1) is 10.5. The van der Waals surface area contributed by atoms with Crippen molar-refractivity contribution in [1.29, 1.82) is 0 Å². The Bertz CT molecular complexity index is 559. The van der Waals surface area contributed by atoms with Gasteiger partial charge >= 0.3 is 5.97 Å². The summed E-state index contributed by atoms with van der Waals surface area (Å²) in [5.41, 5.74) is 2.95. The highest BCUT2D eigenvalue weighted by Crippen LogP contribution is 2.28. The molecule has 0 aromatic heterocycles. The average Bonchev–Trinajstić information content (AvgIpc) is 2.81. The maximum atomic E-state index is 12.0. The monoisotopic (exact) mass is 367 g/mol. The zero-order valence-corrected chi connectivity index (χ0v) is 14.7. The van der Waals surface area contributed by atoms with Crippen LogP contribution in [0.4, 0.5) is 5.69 Å². The number of alkyl halides is 1. The van der Waals surface area contributed by atoms with Gasteiger partial charge in [0.05, 0.1) is 0 Å². The van der Waals surface area contributed by atoms with Gasteiger partial charge in [0.25, 0.3) is 0 Å². The molecule has 0 aliphatic carbocycles. The molecule has 0 spiro atoms. The lowest BCUT2D eigenvalue weighted by atomic mass is 10.1. The summed E-state index contributed by atoms with van der Waals surface area (Å²) in [4.78, 5) is 25.4. The summed E-state index contributed by atoms with van der Waals surface area (Å²) in [5, 5.41) is 0.804. The van der Waals surface area contributed by atoms with Gasteiger partial charge in [-0.05, 0) is 36.5 Å². The van der Waals surface area contributed by atoms with E-state index in [1.54, 1.807) is 0 Å². The Morgan fingerprint density at radius 2 is 2.23 bits per heavy atom. The Morgan fingerprint density at radius 3 is 2.82 bits per heavy atom. The van der Waals surface area contributed by atoms with E-state index in [0.717, 1.165) is 35.1 Å². The fourth-order valence-corrected chi connectivity index (χ4v) is 2.96. The number of benzene rings is 1. The van der Waals surface area contributed by atoms with Gasteiger partial charge in [0.2, 0.25) is 5.91 Å². The van der Waals surface area contributed by atoms with Gasteiger partial charge in [-0.25, -0.2) is 0 Å². The van der Waals surface area contributed by atoms with Crippen molar-refractivity contribution in [3.8, 4) is 0 Å². The second-order valence-electron chi connectivity index (χ2n) is 5.89. The van der Waals surface area contributed by atoms with Crippen LogP contribution in [0, 0.1) is 12.8 Å². The molecule has 0 bridgehead atoms. The number of halogens is 1. The van der Waals surface area contributed by atoms with Crippen molar-refractivity contribution in [3.63, 3.8) is 0 Å². The van der Waals surface area contributed by atoms with Crippen LogP contribution in [0.5, 0.6) is 0 Å². The number of carbonyl (C=O) groups excluding carboxylic acids is 2. The van der Waals surface area contributed by atoms with E-state index in [9.17, 15) is 9.59 Å². The van der Waals surface area contributed by atoms with Crippen molar-refractivity contribution >= 4 is 33.5 Å². The fraction of sp³-hybridized carbons (Fsp3) is 0.529. The number of carbonyl (C=O) groups is 2. The second-order valence-corrected chi connectivity index (χ2v) is 6.68. The number of esters is 1. The number of nitrogens with zero attached hydrogens (tertiary/aromatic N) is 1. The normalized spacial score (nSPS) is 17.9. The summed E-state index contributed by atoms with van der Waals surface area (Å²) < 4.78 is 5.25. The van der Waals surface area contributed by atoms with Crippen LogP contribution in [-0.2, 0) is 20.9 Å². The Morgan fingerprint density at radius 1 is 1.45 bits per heavy atom. The first kappa shape index (κ1) is 17.0. The molecule has 22 heavy (non-hydrogen) atoms. The molecule has 1 amide bonds. The van der Waals surface area contributed by atoms with Crippen LogP contribution in [0.25, 0.3) is 0 Å². The molecule has 1 aromatic rings. The van der Waals surface area contributed by atoms with E-state index in [0.29, 0.717) is 18.8 Å². The van der Waals surface area contributed by atoms with Crippen molar-refractivity contribution in [2.24, 2.45) is 5.92 Å². The Balaban J connectivity index is 1.98. The zero-order chi connectivity index (χ0) is 16.1. The van der Waals surface area contributed by atoms with Gasteiger partial charge in [-0.15, -0.1) is 0 Å². The molecule has 1 atom stereocenters. The highest BCUT2D eigenvalue weighted by atomic mass is 79.9. The van der Waals surface area contributed by atoms with Gasteiger partial charge in [-0.2, -0.15) is 0 Å². The predicted octanol–water partition coefficient (Wildman–Crippen LogP) is 3.59. The number of rotatable bonds is 6. The van der Waals surface area contributed by atoms with E-state index in [2.05, 4.69) is 22.9 Å². The molecule has 2 rings (SSSR count). The SMILES string of the molecule is Cc1cc(COC(=O)CCCBr)ccc1N1CC(C)CC1=O. The van der Waals surface area contributed by atoms with Crippen LogP contribution in [0.1, 0.15) is 37.3 Å². The van der Waals surface area contributed by atoms with Crippen LogP contribution in [0.15, 0.2) is 18.2 Å². The highest BCUT2D eigenvalue weighted by molar-refractivity contribution is 9.09. The summed E-state index contributed by atoms with van der Waals surface area (Å²) >= 11 is 3.29. The molecule has 4 nitrogen and oxygen atoms in total. The minimum absolute atomic E-state index is 0.176. The molecule has 1 aliphatic rings. The van der Waals surface area contributed by atoms with E-state index >= 15 is 0 Å². The maximum absolute atomic E-state index is 12.0. The maximum Gasteiger partial charge on any atom is 0.306 e. The third-order valence-corrected chi connectivity index (χ3v) is 4.35. The fourth-order valence-electron chi connectivity index (χ4n) is 2.68. The van der Waals surface area contributed by atoms with Crippen molar-refractivity contribution in [2.45, 2.75) is 39.7 Å². The first-order valence-corrected chi connectivity index (χ1v) is 8.75. The molecule has 1 aliphatic heterocycles. The number of hydrogen-bond acceptors (Lipinski definition) is 3. The Labute approximate surface area is 140 Å². The number of aryl methyl sites for hydroxylation is 1. The van der Waals surface area contributed by atoms with Crippen molar-refractivity contribution in [3.05, 3.63) is 29.3 Å². The first-order valence-electron chi connectivity index (χ1n) is 7.62. The second kappa shape index (κ2) is 7.77. The quantitative estimate of drug-likeness (QED) is 0.570. The van der Waals surface area contributed by atoms with Crippen LogP contribution in [0.2, 0.25) is 0 Å². The van der Waals surface area contributed by atoms with Crippen molar-refractivity contribution in [1.82, 2.24) is 0 Å². The molecule has 0 N–H and O–H groups in total. The van der Waals surface area contributed by atoms with E-state index in [1.165, 1.54) is 0 Å². The van der Waals surface area contributed by atoms with Crippen LogP contribution in [0.3, 0.4) is 0 Å². The van der Waals surface area contributed by atoms with Gasteiger partial charge in [0, 0.05) is 30.4 Å². The lowest BCUT2D eigenvalue weighted by molar-refractivity contribution is -0.144. The van der Waals surface area contributed by atoms with Crippen LogP contribution in [-0.4, -0.2) is 23.8 Å². The molecule has 1 heterocycles. The Kier molecular flexibility index (Phi) is 6.00. The summed E-state index contributed by atoms with van der Waals surface area (Å²) in [6.07, 6.45) is 1.83. The van der Waals surface area contributed by atoms with Crippen molar-refractivity contribution in [2.75, 3.05) is 16.8 Å². The molecule has 1 unspecified atom stereocenters. The molecular weight excluding hydrogens is 346 g/mol. The molecule has 1 aromatic carbocycles.